The zero-order valence-corrected chi connectivity index (χ0v) is 12.1. The van der Waals surface area contributed by atoms with Gasteiger partial charge in [-0.2, -0.15) is 0 Å². The van der Waals surface area contributed by atoms with E-state index in [1.54, 1.807) is 14.0 Å². The summed E-state index contributed by atoms with van der Waals surface area (Å²) in [7, 11) is 1.64. The normalized spacial score (nSPS) is 10.0. The maximum atomic E-state index is 11.2. The highest BCUT2D eigenvalue weighted by atomic mass is 16.5. The van der Waals surface area contributed by atoms with Crippen LogP contribution >= 0.6 is 0 Å². The first-order chi connectivity index (χ1) is 10.1. The first-order valence-electron chi connectivity index (χ1n) is 6.60. The summed E-state index contributed by atoms with van der Waals surface area (Å²) < 4.78 is 9.95. The monoisotopic (exact) mass is 286 g/mol. The Balaban J connectivity index is 2.11. The van der Waals surface area contributed by atoms with E-state index in [1.165, 1.54) is 0 Å². The van der Waals surface area contributed by atoms with Crippen LogP contribution in [0.5, 0.6) is 5.75 Å². The van der Waals surface area contributed by atoms with Gasteiger partial charge in [0, 0.05) is 0 Å². The van der Waals surface area contributed by atoms with E-state index in [0.29, 0.717) is 12.3 Å². The van der Waals surface area contributed by atoms with Gasteiger partial charge in [-0.15, -0.1) is 0 Å². The van der Waals surface area contributed by atoms with Gasteiger partial charge in [0.05, 0.1) is 19.4 Å². The van der Waals surface area contributed by atoms with E-state index in [1.807, 2.05) is 36.4 Å². The highest BCUT2D eigenvalue weighted by Crippen LogP contribution is 2.23. The molecule has 0 unspecified atom stereocenters. The molecule has 0 aliphatic carbocycles. The van der Waals surface area contributed by atoms with Crippen molar-refractivity contribution in [3.63, 3.8) is 0 Å². The molecule has 0 spiro atoms. The van der Waals surface area contributed by atoms with Crippen molar-refractivity contribution < 1.29 is 14.3 Å². The number of nitrogens with one attached hydrogen (secondary N) is 2. The zero-order chi connectivity index (χ0) is 15.2. The van der Waals surface area contributed by atoms with Gasteiger partial charge in [-0.05, 0) is 41.5 Å². The van der Waals surface area contributed by atoms with E-state index in [-0.39, 0.29) is 0 Å². The predicted octanol–water partition coefficient (Wildman–Crippen LogP) is 3.07. The van der Waals surface area contributed by atoms with E-state index in [0.717, 1.165) is 22.1 Å². The van der Waals surface area contributed by atoms with Gasteiger partial charge in [0.1, 0.15) is 5.75 Å². The molecule has 110 valence electrons. The molecule has 21 heavy (non-hydrogen) atoms. The Morgan fingerprint density at radius 2 is 1.86 bits per heavy atom. The molecule has 1 amide bonds. The number of fused-ring (bicyclic) bond motifs is 1. The molecule has 2 aromatic carbocycles. The number of ether oxygens (including phenoxy) is 2. The van der Waals surface area contributed by atoms with Gasteiger partial charge in [-0.1, -0.05) is 24.8 Å². The third kappa shape index (κ3) is 3.66. The molecule has 2 aromatic rings. The average molecular weight is 286 g/mol. The Morgan fingerprint density at radius 3 is 2.57 bits per heavy atom. The Morgan fingerprint density at radius 1 is 1.14 bits per heavy atom. The highest BCUT2D eigenvalue weighted by molar-refractivity contribution is 5.87. The fraction of sp³-hybridized carbons (Fsp3) is 0.188. The number of amides is 1. The molecule has 5 nitrogen and oxygen atoms in total. The topological polar surface area (TPSA) is 59.6 Å². The van der Waals surface area contributed by atoms with E-state index < -0.39 is 6.09 Å². The lowest BCUT2D eigenvalue weighted by Gasteiger charge is -2.12. The SMILES string of the molecule is C=C(NNC(=O)OCC)c1ccc2cc(OC)ccc2c1. The lowest BCUT2D eigenvalue weighted by Crippen LogP contribution is -2.36. The van der Waals surface area contributed by atoms with Crippen LogP contribution in [-0.4, -0.2) is 19.8 Å². The van der Waals surface area contributed by atoms with Gasteiger partial charge in [0.25, 0.3) is 0 Å². The van der Waals surface area contributed by atoms with Gasteiger partial charge in [-0.3, -0.25) is 5.43 Å². The minimum absolute atomic E-state index is 0.317. The van der Waals surface area contributed by atoms with Crippen LogP contribution in [0.2, 0.25) is 0 Å². The van der Waals surface area contributed by atoms with Crippen LogP contribution in [0.3, 0.4) is 0 Å². The molecule has 0 fully saturated rings. The Kier molecular flexibility index (Phi) is 4.66. The molecule has 0 heterocycles. The smallest absolute Gasteiger partial charge is 0.425 e. The van der Waals surface area contributed by atoms with Crippen molar-refractivity contribution in [1.29, 1.82) is 0 Å². The molecule has 0 bridgehead atoms. The summed E-state index contributed by atoms with van der Waals surface area (Å²) in [5, 5.41) is 2.14. The predicted molar refractivity (Wildman–Crippen MR) is 82.8 cm³/mol. The van der Waals surface area contributed by atoms with E-state index >= 15 is 0 Å². The van der Waals surface area contributed by atoms with Crippen LogP contribution < -0.4 is 15.6 Å². The number of methoxy groups -OCH3 is 1. The molecule has 0 atom stereocenters. The summed E-state index contributed by atoms with van der Waals surface area (Å²) in [5.41, 5.74) is 6.61. The number of hydrogen-bond donors (Lipinski definition) is 2. The van der Waals surface area contributed by atoms with Crippen LogP contribution in [0.25, 0.3) is 16.5 Å². The Labute approximate surface area is 123 Å². The third-order valence-electron chi connectivity index (χ3n) is 2.99. The molecule has 0 saturated carbocycles. The van der Waals surface area contributed by atoms with Gasteiger partial charge < -0.3 is 9.47 Å². The molecular formula is C16H18N2O3. The van der Waals surface area contributed by atoms with Crippen molar-refractivity contribution in [3.8, 4) is 5.75 Å². The molecular weight excluding hydrogens is 268 g/mol. The third-order valence-corrected chi connectivity index (χ3v) is 2.99. The maximum Gasteiger partial charge on any atom is 0.425 e. The quantitative estimate of drug-likeness (QED) is 0.829. The summed E-state index contributed by atoms with van der Waals surface area (Å²) >= 11 is 0. The van der Waals surface area contributed by atoms with Gasteiger partial charge >= 0.3 is 6.09 Å². The second-order valence-electron chi connectivity index (χ2n) is 4.38. The molecule has 0 aliphatic rings. The summed E-state index contributed by atoms with van der Waals surface area (Å²) in [6, 6.07) is 11.7. The maximum absolute atomic E-state index is 11.2. The van der Waals surface area contributed by atoms with Crippen LogP contribution in [0.15, 0.2) is 43.0 Å². The number of hydrogen-bond acceptors (Lipinski definition) is 4. The highest BCUT2D eigenvalue weighted by Gasteiger charge is 2.04. The number of carbonyl (C=O) groups excluding carboxylic acids is 1. The number of hydrazine groups is 1. The second kappa shape index (κ2) is 6.65. The number of rotatable bonds is 5. The lowest BCUT2D eigenvalue weighted by molar-refractivity contribution is 0.149. The van der Waals surface area contributed by atoms with E-state index in [9.17, 15) is 4.79 Å². The lowest BCUT2D eigenvalue weighted by atomic mass is 10.1. The Hall–Kier alpha value is -2.69. The number of benzene rings is 2. The van der Waals surface area contributed by atoms with E-state index in [2.05, 4.69) is 17.4 Å². The summed E-state index contributed by atoms with van der Waals surface area (Å²) in [6.07, 6.45) is -0.538. The van der Waals surface area contributed by atoms with Gasteiger partial charge in [-0.25, -0.2) is 10.2 Å². The molecule has 0 radical (unpaired) electrons. The minimum Gasteiger partial charge on any atom is -0.497 e. The van der Waals surface area contributed by atoms with Crippen molar-refractivity contribution >= 4 is 22.6 Å². The van der Waals surface area contributed by atoms with Crippen LogP contribution in [0.1, 0.15) is 12.5 Å². The van der Waals surface area contributed by atoms with E-state index in [4.69, 9.17) is 9.47 Å². The molecule has 5 heteroatoms. The van der Waals surface area contributed by atoms with Crippen LogP contribution in [0.4, 0.5) is 4.79 Å². The summed E-state index contributed by atoms with van der Waals surface area (Å²) in [4.78, 5) is 11.2. The molecule has 0 saturated heterocycles. The summed E-state index contributed by atoms with van der Waals surface area (Å²) in [5.74, 6) is 0.816. The van der Waals surface area contributed by atoms with Crippen molar-refractivity contribution in [1.82, 2.24) is 10.9 Å². The Bertz CT molecular complexity index is 668. The first-order valence-corrected chi connectivity index (χ1v) is 6.60. The van der Waals surface area contributed by atoms with Crippen molar-refractivity contribution in [3.05, 3.63) is 48.5 Å². The fourth-order valence-corrected chi connectivity index (χ4v) is 1.90. The standard InChI is InChI=1S/C16H18N2O3/c1-4-21-16(19)18-17-11(2)12-5-6-14-10-15(20-3)8-7-13(14)9-12/h5-10,17H,2,4H2,1,3H3,(H,18,19). The average Bonchev–Trinajstić information content (AvgIpc) is 2.51. The molecule has 0 aliphatic heterocycles. The van der Waals surface area contributed by atoms with Crippen LogP contribution in [-0.2, 0) is 4.74 Å². The minimum atomic E-state index is -0.538. The number of carbonyl (C=O) groups is 1. The molecule has 2 N–H and O–H groups in total. The van der Waals surface area contributed by atoms with Crippen molar-refractivity contribution in [2.75, 3.05) is 13.7 Å². The molecule has 0 aromatic heterocycles. The second-order valence-corrected chi connectivity index (χ2v) is 4.38. The fourth-order valence-electron chi connectivity index (χ4n) is 1.90. The summed E-state index contributed by atoms with van der Waals surface area (Å²) in [6.45, 7) is 5.95. The largest absolute Gasteiger partial charge is 0.497 e. The van der Waals surface area contributed by atoms with Gasteiger partial charge in [0.2, 0.25) is 0 Å². The van der Waals surface area contributed by atoms with Crippen LogP contribution in [0, 0.1) is 0 Å². The van der Waals surface area contributed by atoms with Gasteiger partial charge in [0.15, 0.2) is 0 Å². The van der Waals surface area contributed by atoms with Crippen molar-refractivity contribution in [2.45, 2.75) is 6.92 Å². The zero-order valence-electron chi connectivity index (χ0n) is 12.1. The first kappa shape index (κ1) is 14.7. The molecule has 2 rings (SSSR count). The van der Waals surface area contributed by atoms with Crippen molar-refractivity contribution in [2.24, 2.45) is 0 Å².